The molecule has 1 aliphatic carbocycles. The number of urea groups is 1. The van der Waals surface area contributed by atoms with Crippen LogP contribution >= 0.6 is 11.6 Å². The Morgan fingerprint density at radius 3 is 2.71 bits per heavy atom. The first kappa shape index (κ1) is 17.2. The average Bonchev–Trinajstić information content (AvgIpc) is 2.91. The van der Waals surface area contributed by atoms with E-state index in [2.05, 4.69) is 10.3 Å². The standard InChI is InChI=1S/C22H18ClN3O2/c1-13-6-7-17-14(8-13)11-24-12-19(17)26-20(27)22(25-21(26)28)9-15(10-22)16-4-2-3-5-18(16)23/h2-8,11-12,15H,9-10H2,1H3,(H,25,28). The molecule has 5 nitrogen and oxygen atoms in total. The quantitative estimate of drug-likeness (QED) is 0.651. The first-order chi connectivity index (χ1) is 13.5. The van der Waals surface area contributed by atoms with Gasteiger partial charge >= 0.3 is 6.03 Å². The SMILES string of the molecule is Cc1ccc2c(N3C(=O)NC4(CC(c5ccccc5Cl)C4)C3=O)cncc2c1. The van der Waals surface area contributed by atoms with E-state index in [4.69, 9.17) is 11.6 Å². The Morgan fingerprint density at radius 2 is 1.93 bits per heavy atom. The molecule has 3 aromatic rings. The van der Waals surface area contributed by atoms with Crippen molar-refractivity contribution in [2.45, 2.75) is 31.2 Å². The van der Waals surface area contributed by atoms with Crippen LogP contribution in [0.2, 0.25) is 5.02 Å². The second-order valence-electron chi connectivity index (χ2n) is 7.66. The Labute approximate surface area is 167 Å². The number of carbonyl (C=O) groups is 2. The molecule has 1 aliphatic heterocycles. The van der Waals surface area contributed by atoms with E-state index < -0.39 is 11.6 Å². The summed E-state index contributed by atoms with van der Waals surface area (Å²) in [6, 6.07) is 13.2. The molecule has 28 heavy (non-hydrogen) atoms. The van der Waals surface area contributed by atoms with Gasteiger partial charge in [0.2, 0.25) is 0 Å². The van der Waals surface area contributed by atoms with Crippen LogP contribution in [0.4, 0.5) is 10.5 Å². The fourth-order valence-corrected chi connectivity index (χ4v) is 4.67. The van der Waals surface area contributed by atoms with Crippen molar-refractivity contribution in [3.05, 3.63) is 71.0 Å². The van der Waals surface area contributed by atoms with Crippen molar-refractivity contribution in [3.63, 3.8) is 0 Å². The zero-order chi connectivity index (χ0) is 19.5. The molecule has 1 N–H and O–H groups in total. The third kappa shape index (κ3) is 2.43. The van der Waals surface area contributed by atoms with Gasteiger partial charge in [-0.15, -0.1) is 0 Å². The van der Waals surface area contributed by atoms with E-state index in [0.29, 0.717) is 23.6 Å². The Morgan fingerprint density at radius 1 is 1.14 bits per heavy atom. The van der Waals surface area contributed by atoms with Gasteiger partial charge in [-0.25, -0.2) is 9.69 Å². The van der Waals surface area contributed by atoms with Crippen molar-refractivity contribution in [2.75, 3.05) is 4.90 Å². The third-order valence-electron chi connectivity index (χ3n) is 5.83. The fourth-order valence-electron chi connectivity index (χ4n) is 4.38. The lowest BCUT2D eigenvalue weighted by Crippen LogP contribution is -2.56. The summed E-state index contributed by atoms with van der Waals surface area (Å²) in [4.78, 5) is 31.5. The maximum Gasteiger partial charge on any atom is 0.329 e. The zero-order valence-corrected chi connectivity index (χ0v) is 16.0. The Hall–Kier alpha value is -2.92. The lowest BCUT2D eigenvalue weighted by Gasteiger charge is -2.43. The maximum absolute atomic E-state index is 13.3. The van der Waals surface area contributed by atoms with E-state index in [0.717, 1.165) is 21.9 Å². The van der Waals surface area contributed by atoms with Crippen molar-refractivity contribution >= 4 is 40.0 Å². The van der Waals surface area contributed by atoms with Gasteiger partial charge in [0, 0.05) is 22.0 Å². The number of amides is 3. The molecule has 2 fully saturated rings. The van der Waals surface area contributed by atoms with Crippen LogP contribution < -0.4 is 10.2 Å². The number of nitrogens with zero attached hydrogens (tertiary/aromatic N) is 2. The molecule has 1 saturated carbocycles. The van der Waals surface area contributed by atoms with Crippen LogP contribution in [-0.2, 0) is 4.79 Å². The molecule has 0 atom stereocenters. The molecule has 2 aromatic carbocycles. The predicted octanol–water partition coefficient (Wildman–Crippen LogP) is 4.57. The van der Waals surface area contributed by atoms with Gasteiger partial charge in [-0.1, -0.05) is 47.5 Å². The monoisotopic (exact) mass is 391 g/mol. The van der Waals surface area contributed by atoms with E-state index in [1.54, 1.807) is 12.4 Å². The predicted molar refractivity (Wildman–Crippen MR) is 109 cm³/mol. The van der Waals surface area contributed by atoms with Crippen molar-refractivity contribution in [3.8, 4) is 0 Å². The maximum atomic E-state index is 13.3. The van der Waals surface area contributed by atoms with Gasteiger partial charge < -0.3 is 5.32 Å². The van der Waals surface area contributed by atoms with E-state index in [1.165, 1.54) is 4.90 Å². The summed E-state index contributed by atoms with van der Waals surface area (Å²) in [7, 11) is 0. The van der Waals surface area contributed by atoms with Gasteiger partial charge in [-0.3, -0.25) is 9.78 Å². The number of aromatic nitrogens is 1. The molecular weight excluding hydrogens is 374 g/mol. The molecule has 6 heteroatoms. The average molecular weight is 392 g/mol. The van der Waals surface area contributed by atoms with E-state index in [9.17, 15) is 9.59 Å². The number of pyridine rings is 1. The first-order valence-electron chi connectivity index (χ1n) is 9.24. The number of benzene rings is 2. The molecule has 0 unspecified atom stereocenters. The lowest BCUT2D eigenvalue weighted by atomic mass is 9.65. The van der Waals surface area contributed by atoms with Crippen LogP contribution in [0.3, 0.4) is 0 Å². The summed E-state index contributed by atoms with van der Waals surface area (Å²) >= 11 is 6.30. The molecule has 2 aliphatic rings. The van der Waals surface area contributed by atoms with E-state index >= 15 is 0 Å². The number of fused-ring (bicyclic) bond motifs is 1. The van der Waals surface area contributed by atoms with Crippen molar-refractivity contribution in [1.29, 1.82) is 0 Å². The van der Waals surface area contributed by atoms with Crippen molar-refractivity contribution in [2.24, 2.45) is 0 Å². The van der Waals surface area contributed by atoms with Crippen molar-refractivity contribution < 1.29 is 9.59 Å². The molecule has 5 rings (SSSR count). The minimum atomic E-state index is -0.853. The molecule has 3 amide bonds. The van der Waals surface area contributed by atoms with Crippen LogP contribution in [0.5, 0.6) is 0 Å². The second kappa shape index (κ2) is 6.04. The molecular formula is C22H18ClN3O2. The molecule has 2 heterocycles. The highest BCUT2D eigenvalue weighted by Gasteiger charge is 2.59. The largest absolute Gasteiger partial charge is 0.329 e. The topological polar surface area (TPSA) is 62.3 Å². The van der Waals surface area contributed by atoms with Gasteiger partial charge in [-0.2, -0.15) is 0 Å². The minimum absolute atomic E-state index is 0.159. The highest BCUT2D eigenvalue weighted by molar-refractivity contribution is 6.31. The summed E-state index contributed by atoms with van der Waals surface area (Å²) in [5, 5.41) is 5.37. The van der Waals surface area contributed by atoms with Crippen LogP contribution in [0.1, 0.15) is 29.9 Å². The number of anilines is 1. The Kier molecular flexibility index (Phi) is 3.71. The zero-order valence-electron chi connectivity index (χ0n) is 15.3. The second-order valence-corrected chi connectivity index (χ2v) is 8.07. The lowest BCUT2D eigenvalue weighted by molar-refractivity contribution is -0.125. The number of aryl methyl sites for hydroxylation is 1. The molecule has 1 spiro atoms. The normalized spacial score (nSPS) is 23.9. The summed E-state index contributed by atoms with van der Waals surface area (Å²) in [5.41, 5.74) is 1.80. The minimum Gasteiger partial charge on any atom is -0.323 e. The van der Waals surface area contributed by atoms with Gasteiger partial charge in [0.05, 0.1) is 11.9 Å². The number of hydrogen-bond acceptors (Lipinski definition) is 3. The number of hydrogen-bond donors (Lipinski definition) is 1. The van der Waals surface area contributed by atoms with E-state index in [1.807, 2.05) is 49.4 Å². The number of nitrogens with one attached hydrogen (secondary N) is 1. The van der Waals surface area contributed by atoms with Crippen LogP contribution in [-0.4, -0.2) is 22.5 Å². The Bertz CT molecular complexity index is 1140. The molecule has 0 bridgehead atoms. The van der Waals surface area contributed by atoms with Gasteiger partial charge in [0.15, 0.2) is 0 Å². The van der Waals surface area contributed by atoms with Gasteiger partial charge in [-0.05, 0) is 43.4 Å². The number of halogens is 1. The van der Waals surface area contributed by atoms with Crippen LogP contribution in [0, 0.1) is 6.92 Å². The molecule has 1 aromatic heterocycles. The molecule has 1 saturated heterocycles. The molecule has 140 valence electrons. The Balaban J connectivity index is 1.48. The number of carbonyl (C=O) groups excluding carboxylic acids is 2. The van der Waals surface area contributed by atoms with E-state index in [-0.39, 0.29) is 11.8 Å². The smallest absolute Gasteiger partial charge is 0.323 e. The van der Waals surface area contributed by atoms with Gasteiger partial charge in [0.1, 0.15) is 5.54 Å². The summed E-state index contributed by atoms with van der Waals surface area (Å²) in [6.45, 7) is 2.00. The summed E-state index contributed by atoms with van der Waals surface area (Å²) < 4.78 is 0. The third-order valence-corrected chi connectivity index (χ3v) is 6.18. The summed E-state index contributed by atoms with van der Waals surface area (Å²) in [5.74, 6) is -0.0538. The highest BCUT2D eigenvalue weighted by Crippen LogP contribution is 2.50. The van der Waals surface area contributed by atoms with Crippen LogP contribution in [0.15, 0.2) is 54.9 Å². The van der Waals surface area contributed by atoms with Gasteiger partial charge in [0.25, 0.3) is 5.91 Å². The number of imide groups is 1. The molecule has 0 radical (unpaired) electrons. The van der Waals surface area contributed by atoms with Crippen LogP contribution in [0.25, 0.3) is 10.8 Å². The first-order valence-corrected chi connectivity index (χ1v) is 9.62. The summed E-state index contributed by atoms with van der Waals surface area (Å²) in [6.07, 6.45) is 4.43. The fraction of sp³-hybridized carbons (Fsp3) is 0.227. The highest BCUT2D eigenvalue weighted by atomic mass is 35.5. The number of rotatable bonds is 2. The van der Waals surface area contributed by atoms with Crippen molar-refractivity contribution in [1.82, 2.24) is 10.3 Å².